The summed E-state index contributed by atoms with van der Waals surface area (Å²) < 4.78 is 4.93. The van der Waals surface area contributed by atoms with Gasteiger partial charge in [0.15, 0.2) is 0 Å². The number of aliphatic hydroxyl groups is 1. The van der Waals surface area contributed by atoms with Crippen LogP contribution in [0.1, 0.15) is 46.0 Å². The van der Waals surface area contributed by atoms with Crippen LogP contribution in [0, 0.1) is 0 Å². The van der Waals surface area contributed by atoms with E-state index >= 15 is 0 Å². The number of carbonyl (C=O) groups excluding carboxylic acids is 1. The number of carbonyl (C=O) groups is 1. The number of rotatable bonds is 6. The second-order valence-electron chi connectivity index (χ2n) is 4.10. The van der Waals surface area contributed by atoms with E-state index in [1.165, 1.54) is 12.8 Å². The summed E-state index contributed by atoms with van der Waals surface area (Å²) in [5.41, 5.74) is 0.444. The average Bonchev–Trinajstić information content (AvgIpc) is 2.52. The van der Waals surface area contributed by atoms with E-state index in [0.29, 0.717) is 12.0 Å². The van der Waals surface area contributed by atoms with Crippen LogP contribution >= 0.6 is 0 Å². The summed E-state index contributed by atoms with van der Waals surface area (Å²) in [6.45, 7) is 3.95. The molecule has 0 fully saturated rings. The van der Waals surface area contributed by atoms with Gasteiger partial charge in [-0.15, -0.1) is 0 Å². The van der Waals surface area contributed by atoms with Crippen LogP contribution in [0.5, 0.6) is 0 Å². The predicted octanol–water partition coefficient (Wildman–Crippen LogP) is 2.19. The van der Waals surface area contributed by atoms with E-state index in [9.17, 15) is 9.90 Å². The maximum absolute atomic E-state index is 11.3. The van der Waals surface area contributed by atoms with Crippen molar-refractivity contribution in [2.24, 2.45) is 0 Å². The third-order valence-corrected chi connectivity index (χ3v) is 2.63. The molecular weight excluding hydrogens is 192 g/mol. The molecule has 3 nitrogen and oxygen atoms in total. The van der Waals surface area contributed by atoms with Crippen LogP contribution in [0.15, 0.2) is 11.6 Å². The lowest BCUT2D eigenvalue weighted by Crippen LogP contribution is -2.16. The Labute approximate surface area is 91.1 Å². The van der Waals surface area contributed by atoms with Crippen molar-refractivity contribution in [3.05, 3.63) is 11.6 Å². The molecule has 1 heterocycles. The van der Waals surface area contributed by atoms with Gasteiger partial charge in [-0.05, 0) is 19.4 Å². The van der Waals surface area contributed by atoms with Crippen molar-refractivity contribution in [1.82, 2.24) is 0 Å². The number of hydrogen-bond acceptors (Lipinski definition) is 3. The highest BCUT2D eigenvalue weighted by Crippen LogP contribution is 2.20. The fraction of sp³-hybridized carbons (Fsp3) is 0.750. The molecule has 0 amide bonds. The second kappa shape index (κ2) is 5.91. The molecule has 3 heteroatoms. The zero-order valence-electron chi connectivity index (χ0n) is 9.53. The first-order valence-electron chi connectivity index (χ1n) is 5.76. The highest BCUT2D eigenvalue weighted by molar-refractivity contribution is 5.91. The molecular formula is C12H20O3. The first-order valence-corrected chi connectivity index (χ1v) is 5.76. The van der Waals surface area contributed by atoms with E-state index in [2.05, 4.69) is 6.92 Å². The number of hydrogen-bond donors (Lipinski definition) is 1. The highest BCUT2D eigenvalue weighted by Gasteiger charge is 2.27. The van der Waals surface area contributed by atoms with E-state index in [-0.39, 0.29) is 12.1 Å². The lowest BCUT2D eigenvalue weighted by atomic mass is 10.0. The maximum Gasteiger partial charge on any atom is 0.337 e. The van der Waals surface area contributed by atoms with Crippen molar-refractivity contribution >= 4 is 5.97 Å². The van der Waals surface area contributed by atoms with Gasteiger partial charge >= 0.3 is 5.97 Å². The van der Waals surface area contributed by atoms with Crippen molar-refractivity contribution in [2.45, 2.75) is 58.2 Å². The zero-order chi connectivity index (χ0) is 11.3. The van der Waals surface area contributed by atoms with Crippen LogP contribution in [-0.4, -0.2) is 23.3 Å². The molecule has 0 aromatic rings. The van der Waals surface area contributed by atoms with Crippen LogP contribution in [0.4, 0.5) is 0 Å². The molecule has 2 unspecified atom stereocenters. The average molecular weight is 212 g/mol. The predicted molar refractivity (Wildman–Crippen MR) is 58.4 cm³/mol. The molecule has 1 aliphatic heterocycles. The van der Waals surface area contributed by atoms with Crippen molar-refractivity contribution in [3.8, 4) is 0 Å². The van der Waals surface area contributed by atoms with Gasteiger partial charge in [0.1, 0.15) is 6.10 Å². The Bertz CT molecular complexity index is 245. The summed E-state index contributed by atoms with van der Waals surface area (Å²) in [6, 6.07) is 0. The monoisotopic (exact) mass is 212 g/mol. The van der Waals surface area contributed by atoms with Crippen LogP contribution in [0.3, 0.4) is 0 Å². The van der Waals surface area contributed by atoms with Gasteiger partial charge in [0.2, 0.25) is 0 Å². The van der Waals surface area contributed by atoms with Gasteiger partial charge in [-0.2, -0.15) is 0 Å². The Balaban J connectivity index is 2.30. The summed E-state index contributed by atoms with van der Waals surface area (Å²) in [5.74, 6) is -0.356. The van der Waals surface area contributed by atoms with Gasteiger partial charge in [-0.3, -0.25) is 0 Å². The van der Waals surface area contributed by atoms with Crippen LogP contribution < -0.4 is 0 Å². The topological polar surface area (TPSA) is 46.5 Å². The number of aliphatic hydroxyl groups excluding tert-OH is 1. The molecule has 1 rings (SSSR count). The van der Waals surface area contributed by atoms with E-state index in [1.54, 1.807) is 13.0 Å². The molecule has 0 saturated carbocycles. The van der Waals surface area contributed by atoms with Crippen molar-refractivity contribution in [1.29, 1.82) is 0 Å². The van der Waals surface area contributed by atoms with Crippen LogP contribution in [0.25, 0.3) is 0 Å². The van der Waals surface area contributed by atoms with Crippen molar-refractivity contribution in [2.75, 3.05) is 0 Å². The minimum Gasteiger partial charge on any atom is -0.455 e. The van der Waals surface area contributed by atoms with E-state index < -0.39 is 6.10 Å². The summed E-state index contributed by atoms with van der Waals surface area (Å²) in [5, 5.41) is 9.77. The molecule has 86 valence electrons. The first kappa shape index (κ1) is 12.2. The lowest BCUT2D eigenvalue weighted by Gasteiger charge is -2.08. The second-order valence-corrected chi connectivity index (χ2v) is 4.10. The quantitative estimate of drug-likeness (QED) is 0.542. The number of ether oxygens (including phenoxy) is 1. The smallest absolute Gasteiger partial charge is 0.337 e. The van der Waals surface area contributed by atoms with Crippen LogP contribution in [0.2, 0.25) is 0 Å². The van der Waals surface area contributed by atoms with Gasteiger partial charge in [0, 0.05) is 0 Å². The summed E-state index contributed by atoms with van der Waals surface area (Å²) in [7, 11) is 0. The largest absolute Gasteiger partial charge is 0.455 e. The molecule has 1 N–H and O–H groups in total. The minimum atomic E-state index is -0.640. The molecule has 0 aliphatic carbocycles. The van der Waals surface area contributed by atoms with Crippen LogP contribution in [-0.2, 0) is 9.53 Å². The minimum absolute atomic E-state index is 0.183. The Kier molecular flexibility index (Phi) is 4.82. The number of esters is 1. The molecule has 1 aliphatic rings. The molecule has 0 spiro atoms. The van der Waals surface area contributed by atoms with Gasteiger partial charge in [-0.1, -0.05) is 32.6 Å². The molecule has 15 heavy (non-hydrogen) atoms. The summed E-state index contributed by atoms with van der Waals surface area (Å²) >= 11 is 0. The van der Waals surface area contributed by atoms with E-state index in [4.69, 9.17) is 4.74 Å². The Morgan fingerprint density at radius 3 is 2.73 bits per heavy atom. The standard InChI is InChI=1S/C12H20O3/c1-3-4-5-6-7-11(13)10-8-9(2)15-12(10)14/h8-9,11,13H,3-7H2,1-2H3. The van der Waals surface area contributed by atoms with E-state index in [1.807, 2.05) is 0 Å². The molecule has 2 atom stereocenters. The Morgan fingerprint density at radius 1 is 1.47 bits per heavy atom. The fourth-order valence-electron chi connectivity index (χ4n) is 1.76. The third kappa shape index (κ3) is 3.67. The Hall–Kier alpha value is -0.830. The highest BCUT2D eigenvalue weighted by atomic mass is 16.5. The number of unbranched alkanes of at least 4 members (excludes halogenated alkanes) is 3. The zero-order valence-corrected chi connectivity index (χ0v) is 9.53. The van der Waals surface area contributed by atoms with E-state index in [0.717, 1.165) is 12.8 Å². The first-order chi connectivity index (χ1) is 7.15. The number of cyclic esters (lactones) is 1. The lowest BCUT2D eigenvalue weighted by molar-refractivity contribution is -0.139. The van der Waals surface area contributed by atoms with Gasteiger partial charge < -0.3 is 9.84 Å². The molecule has 0 saturated heterocycles. The third-order valence-electron chi connectivity index (χ3n) is 2.63. The Morgan fingerprint density at radius 2 is 2.20 bits per heavy atom. The molecule has 0 bridgehead atoms. The molecule has 0 aromatic carbocycles. The maximum atomic E-state index is 11.3. The fourth-order valence-corrected chi connectivity index (χ4v) is 1.76. The van der Waals surface area contributed by atoms with Gasteiger partial charge in [0.05, 0.1) is 11.7 Å². The van der Waals surface area contributed by atoms with Crippen molar-refractivity contribution < 1.29 is 14.6 Å². The van der Waals surface area contributed by atoms with Crippen molar-refractivity contribution in [3.63, 3.8) is 0 Å². The summed E-state index contributed by atoms with van der Waals surface area (Å²) in [6.07, 6.45) is 6.00. The molecule has 0 aromatic heterocycles. The van der Waals surface area contributed by atoms with Gasteiger partial charge in [-0.25, -0.2) is 4.79 Å². The van der Waals surface area contributed by atoms with Gasteiger partial charge in [0.25, 0.3) is 0 Å². The SMILES string of the molecule is CCCCCCC(O)C1=CC(C)OC1=O. The molecule has 0 radical (unpaired) electrons. The normalized spacial score (nSPS) is 22.5. The summed E-state index contributed by atoms with van der Waals surface area (Å²) in [4.78, 5) is 11.3.